The predicted molar refractivity (Wildman–Crippen MR) is 123 cm³/mol. The molecule has 1 atom stereocenters. The third kappa shape index (κ3) is 4.96. The van der Waals surface area contributed by atoms with Gasteiger partial charge >= 0.3 is 0 Å². The first kappa shape index (κ1) is 21.8. The molecule has 0 fully saturated rings. The minimum Gasteiger partial charge on any atom is -0.493 e. The minimum absolute atomic E-state index is 0.378. The molecular formula is C27H32O3. The van der Waals surface area contributed by atoms with Gasteiger partial charge in [-0.05, 0) is 54.0 Å². The van der Waals surface area contributed by atoms with E-state index in [9.17, 15) is 0 Å². The first-order valence-electron chi connectivity index (χ1n) is 10.6. The van der Waals surface area contributed by atoms with Gasteiger partial charge in [0.1, 0.15) is 0 Å². The van der Waals surface area contributed by atoms with Crippen molar-refractivity contribution in [2.45, 2.75) is 38.0 Å². The molecule has 0 aromatic heterocycles. The Balaban J connectivity index is 1.87. The van der Waals surface area contributed by atoms with Gasteiger partial charge in [-0.15, -0.1) is 0 Å². The van der Waals surface area contributed by atoms with Gasteiger partial charge in [0.05, 0.1) is 21.3 Å². The lowest BCUT2D eigenvalue weighted by molar-refractivity contribution is 0.323. The molecular weight excluding hydrogens is 372 g/mol. The van der Waals surface area contributed by atoms with E-state index < -0.39 is 0 Å². The van der Waals surface area contributed by atoms with Gasteiger partial charge in [-0.2, -0.15) is 0 Å². The summed E-state index contributed by atoms with van der Waals surface area (Å²) in [5.41, 5.74) is 3.96. The lowest BCUT2D eigenvalue weighted by atomic mass is 9.82. The largest absolute Gasteiger partial charge is 0.493 e. The Kier molecular flexibility index (Phi) is 7.78. The van der Waals surface area contributed by atoms with E-state index in [1.165, 1.54) is 16.7 Å². The van der Waals surface area contributed by atoms with Gasteiger partial charge in [0.2, 0.25) is 5.75 Å². The first-order valence-corrected chi connectivity index (χ1v) is 10.6. The Morgan fingerprint density at radius 1 is 0.633 bits per heavy atom. The first-order chi connectivity index (χ1) is 14.7. The van der Waals surface area contributed by atoms with Gasteiger partial charge in [-0.3, -0.25) is 0 Å². The molecule has 3 aromatic carbocycles. The summed E-state index contributed by atoms with van der Waals surface area (Å²) in [6.07, 6.45) is 3.20. The van der Waals surface area contributed by atoms with Crippen LogP contribution in [0, 0.1) is 0 Å². The Labute approximate surface area is 180 Å². The van der Waals surface area contributed by atoms with Crippen LogP contribution in [0.1, 0.15) is 54.7 Å². The molecule has 158 valence electrons. The molecule has 0 spiro atoms. The molecule has 3 nitrogen and oxygen atoms in total. The molecule has 0 aliphatic rings. The zero-order valence-electron chi connectivity index (χ0n) is 18.4. The van der Waals surface area contributed by atoms with Crippen LogP contribution in [-0.2, 0) is 0 Å². The second-order valence-corrected chi connectivity index (χ2v) is 7.52. The van der Waals surface area contributed by atoms with E-state index in [1.54, 1.807) is 21.3 Å². The molecule has 3 heteroatoms. The summed E-state index contributed by atoms with van der Waals surface area (Å²) < 4.78 is 16.6. The molecule has 0 amide bonds. The van der Waals surface area contributed by atoms with Gasteiger partial charge in [-0.25, -0.2) is 0 Å². The van der Waals surface area contributed by atoms with E-state index in [-0.39, 0.29) is 0 Å². The summed E-state index contributed by atoms with van der Waals surface area (Å²) in [6, 6.07) is 25.8. The molecule has 3 rings (SSSR count). The Hall–Kier alpha value is -2.94. The fourth-order valence-electron chi connectivity index (χ4n) is 4.21. The van der Waals surface area contributed by atoms with Crippen LogP contribution in [0.15, 0.2) is 72.8 Å². The highest BCUT2D eigenvalue weighted by atomic mass is 16.5. The van der Waals surface area contributed by atoms with Gasteiger partial charge in [0, 0.05) is 5.92 Å². The van der Waals surface area contributed by atoms with Gasteiger partial charge in [0.15, 0.2) is 11.5 Å². The molecule has 30 heavy (non-hydrogen) atoms. The molecule has 0 radical (unpaired) electrons. The zero-order valence-corrected chi connectivity index (χ0v) is 18.4. The van der Waals surface area contributed by atoms with Crippen molar-refractivity contribution in [2.24, 2.45) is 0 Å². The number of hydrogen-bond donors (Lipinski definition) is 0. The maximum absolute atomic E-state index is 5.57. The second kappa shape index (κ2) is 10.7. The van der Waals surface area contributed by atoms with E-state index in [0.29, 0.717) is 29.1 Å². The van der Waals surface area contributed by atoms with Crippen LogP contribution < -0.4 is 14.2 Å². The van der Waals surface area contributed by atoms with Crippen molar-refractivity contribution < 1.29 is 14.2 Å². The van der Waals surface area contributed by atoms with Crippen molar-refractivity contribution in [3.8, 4) is 17.2 Å². The van der Waals surface area contributed by atoms with E-state index in [2.05, 4.69) is 79.7 Å². The topological polar surface area (TPSA) is 27.7 Å². The van der Waals surface area contributed by atoms with E-state index >= 15 is 0 Å². The molecule has 0 saturated heterocycles. The maximum Gasteiger partial charge on any atom is 0.203 e. The molecule has 0 saturated carbocycles. The maximum atomic E-state index is 5.57. The minimum atomic E-state index is 0.378. The lowest BCUT2D eigenvalue weighted by Gasteiger charge is -2.23. The normalized spacial score (nSPS) is 11.9. The standard InChI is InChI=1S/C27H32O3/c1-5-20(23-18-25(28-2)27(30-4)26(19-23)29-3)16-17-24(21-12-8-6-9-13-21)22-14-10-7-11-15-22/h6-15,18-20,24H,5,16-17H2,1-4H3. The van der Waals surface area contributed by atoms with Gasteiger partial charge in [-0.1, -0.05) is 67.6 Å². The van der Waals surface area contributed by atoms with Crippen molar-refractivity contribution in [1.29, 1.82) is 0 Å². The smallest absolute Gasteiger partial charge is 0.203 e. The highest BCUT2D eigenvalue weighted by Crippen LogP contribution is 2.42. The van der Waals surface area contributed by atoms with E-state index in [1.807, 2.05) is 0 Å². The van der Waals surface area contributed by atoms with Crippen LogP contribution >= 0.6 is 0 Å². The summed E-state index contributed by atoms with van der Waals surface area (Å²) in [4.78, 5) is 0. The van der Waals surface area contributed by atoms with E-state index in [0.717, 1.165) is 19.3 Å². The summed E-state index contributed by atoms with van der Waals surface area (Å²) >= 11 is 0. The summed E-state index contributed by atoms with van der Waals surface area (Å²) in [6.45, 7) is 2.24. The highest BCUT2D eigenvalue weighted by molar-refractivity contribution is 5.54. The summed E-state index contributed by atoms with van der Waals surface area (Å²) in [7, 11) is 4.98. The van der Waals surface area contributed by atoms with Crippen LogP contribution in [0.3, 0.4) is 0 Å². The Bertz CT molecular complexity index is 841. The van der Waals surface area contributed by atoms with Crippen molar-refractivity contribution in [2.75, 3.05) is 21.3 Å². The monoisotopic (exact) mass is 404 g/mol. The third-order valence-electron chi connectivity index (χ3n) is 5.86. The van der Waals surface area contributed by atoms with Crippen LogP contribution in [0.5, 0.6) is 17.2 Å². The number of benzene rings is 3. The van der Waals surface area contributed by atoms with Crippen molar-refractivity contribution >= 4 is 0 Å². The average molecular weight is 405 g/mol. The highest BCUT2D eigenvalue weighted by Gasteiger charge is 2.21. The summed E-state index contributed by atoms with van der Waals surface area (Å²) in [5.74, 6) is 2.86. The third-order valence-corrected chi connectivity index (χ3v) is 5.86. The van der Waals surface area contributed by atoms with E-state index in [4.69, 9.17) is 14.2 Å². The number of ether oxygens (including phenoxy) is 3. The molecule has 1 unspecified atom stereocenters. The van der Waals surface area contributed by atoms with Crippen LogP contribution in [0.4, 0.5) is 0 Å². The predicted octanol–water partition coefficient (Wildman–Crippen LogP) is 6.82. The molecule has 0 N–H and O–H groups in total. The molecule has 3 aromatic rings. The SMILES string of the molecule is CCC(CCC(c1ccccc1)c1ccccc1)c1cc(OC)c(OC)c(OC)c1. The Morgan fingerprint density at radius 3 is 1.53 bits per heavy atom. The average Bonchev–Trinajstić information content (AvgIpc) is 2.82. The van der Waals surface area contributed by atoms with Gasteiger partial charge < -0.3 is 14.2 Å². The molecule has 0 bridgehead atoms. The molecule has 0 aliphatic carbocycles. The van der Waals surface area contributed by atoms with Crippen LogP contribution in [-0.4, -0.2) is 21.3 Å². The lowest BCUT2D eigenvalue weighted by Crippen LogP contribution is -2.06. The quantitative estimate of drug-likeness (QED) is 0.371. The molecule has 0 heterocycles. The second-order valence-electron chi connectivity index (χ2n) is 7.52. The number of hydrogen-bond acceptors (Lipinski definition) is 3. The fourth-order valence-corrected chi connectivity index (χ4v) is 4.21. The van der Waals surface area contributed by atoms with Crippen LogP contribution in [0.2, 0.25) is 0 Å². The van der Waals surface area contributed by atoms with Crippen LogP contribution in [0.25, 0.3) is 0 Å². The molecule has 0 aliphatic heterocycles. The fraction of sp³-hybridized carbons (Fsp3) is 0.333. The van der Waals surface area contributed by atoms with Crippen molar-refractivity contribution in [3.05, 3.63) is 89.5 Å². The van der Waals surface area contributed by atoms with Gasteiger partial charge in [0.25, 0.3) is 0 Å². The number of rotatable bonds is 10. The Morgan fingerprint density at radius 2 is 1.13 bits per heavy atom. The summed E-state index contributed by atoms with van der Waals surface area (Å²) in [5, 5.41) is 0. The van der Waals surface area contributed by atoms with Crippen molar-refractivity contribution in [1.82, 2.24) is 0 Å². The number of methoxy groups -OCH3 is 3. The van der Waals surface area contributed by atoms with Crippen molar-refractivity contribution in [3.63, 3.8) is 0 Å². The zero-order chi connectivity index (χ0) is 21.3.